The quantitative estimate of drug-likeness (QED) is 0.875. The molecule has 1 N–H and O–H groups in total. The lowest BCUT2D eigenvalue weighted by Gasteiger charge is -2.30. The van der Waals surface area contributed by atoms with E-state index in [0.717, 1.165) is 25.1 Å². The first-order valence-corrected chi connectivity index (χ1v) is 7.35. The number of hydrogen-bond donors (Lipinski definition) is 1. The normalized spacial score (nSPS) is 19.1. The summed E-state index contributed by atoms with van der Waals surface area (Å²) in [7, 11) is 0. The Balaban J connectivity index is 2.19. The minimum atomic E-state index is -0.327. The molecule has 0 spiro atoms. The SMILES string of the molecule is CC[C@H](O)c1ccccc1N1CCCCCCC1. The van der Waals surface area contributed by atoms with Gasteiger partial charge in [-0.3, -0.25) is 0 Å². The Morgan fingerprint density at radius 3 is 2.33 bits per heavy atom. The van der Waals surface area contributed by atoms with Gasteiger partial charge in [0.25, 0.3) is 0 Å². The summed E-state index contributed by atoms with van der Waals surface area (Å²) in [5.41, 5.74) is 2.34. The lowest BCUT2D eigenvalue weighted by Crippen LogP contribution is -2.28. The standard InChI is InChI=1S/C16H25NO/c1-2-16(18)14-10-6-7-11-15(14)17-12-8-4-3-5-9-13-17/h6-7,10-11,16,18H,2-5,8-9,12-13H2,1H3/t16-/m0/s1. The van der Waals surface area contributed by atoms with Crippen molar-refractivity contribution in [3.05, 3.63) is 29.8 Å². The second-order valence-corrected chi connectivity index (χ2v) is 5.24. The molecule has 0 amide bonds. The third-order valence-corrected chi connectivity index (χ3v) is 3.88. The molecule has 1 aromatic carbocycles. The first-order valence-electron chi connectivity index (χ1n) is 7.35. The topological polar surface area (TPSA) is 23.5 Å². The van der Waals surface area contributed by atoms with E-state index in [2.05, 4.69) is 23.1 Å². The molecular formula is C16H25NO. The van der Waals surface area contributed by atoms with Gasteiger partial charge in [-0.05, 0) is 25.3 Å². The van der Waals surface area contributed by atoms with E-state index in [4.69, 9.17) is 0 Å². The van der Waals surface area contributed by atoms with Crippen LogP contribution in [0.5, 0.6) is 0 Å². The molecule has 1 fully saturated rings. The number of aliphatic hydroxyl groups is 1. The molecule has 0 bridgehead atoms. The van der Waals surface area contributed by atoms with Crippen molar-refractivity contribution < 1.29 is 5.11 Å². The zero-order valence-corrected chi connectivity index (χ0v) is 11.4. The third-order valence-electron chi connectivity index (χ3n) is 3.88. The fraction of sp³-hybridized carbons (Fsp3) is 0.625. The first kappa shape index (κ1) is 13.4. The molecule has 1 aromatic rings. The number of hydrogen-bond acceptors (Lipinski definition) is 2. The zero-order valence-electron chi connectivity index (χ0n) is 11.4. The smallest absolute Gasteiger partial charge is 0.0807 e. The Bertz CT molecular complexity index is 356. The van der Waals surface area contributed by atoms with Gasteiger partial charge in [-0.2, -0.15) is 0 Å². The number of nitrogens with zero attached hydrogens (tertiary/aromatic N) is 1. The molecule has 1 saturated heterocycles. The summed E-state index contributed by atoms with van der Waals surface area (Å²) in [6.07, 6.45) is 7.07. The predicted octanol–water partition coefficient (Wildman–Crippen LogP) is 3.90. The molecule has 1 atom stereocenters. The number of benzene rings is 1. The summed E-state index contributed by atoms with van der Waals surface area (Å²) in [6, 6.07) is 8.35. The Morgan fingerprint density at radius 2 is 1.67 bits per heavy atom. The van der Waals surface area contributed by atoms with E-state index in [0.29, 0.717) is 0 Å². The molecule has 2 nitrogen and oxygen atoms in total. The van der Waals surface area contributed by atoms with E-state index in [1.807, 2.05) is 13.0 Å². The fourth-order valence-electron chi connectivity index (χ4n) is 2.77. The molecule has 18 heavy (non-hydrogen) atoms. The Hall–Kier alpha value is -1.02. The molecular weight excluding hydrogens is 222 g/mol. The molecule has 0 aliphatic carbocycles. The van der Waals surface area contributed by atoms with Gasteiger partial charge in [0.2, 0.25) is 0 Å². The van der Waals surface area contributed by atoms with Gasteiger partial charge in [0.15, 0.2) is 0 Å². The van der Waals surface area contributed by atoms with Gasteiger partial charge in [-0.15, -0.1) is 0 Å². The summed E-state index contributed by atoms with van der Waals surface area (Å²) in [5.74, 6) is 0. The minimum Gasteiger partial charge on any atom is -0.388 e. The fourth-order valence-corrected chi connectivity index (χ4v) is 2.77. The molecule has 1 heterocycles. The van der Waals surface area contributed by atoms with Crippen LogP contribution in [0.25, 0.3) is 0 Å². The van der Waals surface area contributed by atoms with Crippen LogP contribution in [-0.4, -0.2) is 18.2 Å². The molecule has 0 radical (unpaired) electrons. The highest BCUT2D eigenvalue weighted by Crippen LogP contribution is 2.29. The van der Waals surface area contributed by atoms with Crippen molar-refractivity contribution >= 4 is 5.69 Å². The van der Waals surface area contributed by atoms with Crippen molar-refractivity contribution in [1.29, 1.82) is 0 Å². The average molecular weight is 247 g/mol. The van der Waals surface area contributed by atoms with Crippen LogP contribution < -0.4 is 4.90 Å². The van der Waals surface area contributed by atoms with Crippen LogP contribution >= 0.6 is 0 Å². The number of anilines is 1. The first-order chi connectivity index (χ1) is 8.83. The van der Waals surface area contributed by atoms with Crippen molar-refractivity contribution in [1.82, 2.24) is 0 Å². The van der Waals surface area contributed by atoms with Gasteiger partial charge in [0, 0.05) is 24.3 Å². The van der Waals surface area contributed by atoms with Crippen LogP contribution in [0.4, 0.5) is 5.69 Å². The third kappa shape index (κ3) is 3.26. The Morgan fingerprint density at radius 1 is 1.06 bits per heavy atom. The van der Waals surface area contributed by atoms with Gasteiger partial charge in [-0.1, -0.05) is 44.4 Å². The van der Waals surface area contributed by atoms with E-state index in [-0.39, 0.29) is 6.10 Å². The second-order valence-electron chi connectivity index (χ2n) is 5.24. The van der Waals surface area contributed by atoms with E-state index in [9.17, 15) is 5.11 Å². The van der Waals surface area contributed by atoms with Crippen molar-refractivity contribution in [3.63, 3.8) is 0 Å². The van der Waals surface area contributed by atoms with Gasteiger partial charge in [-0.25, -0.2) is 0 Å². The van der Waals surface area contributed by atoms with E-state index >= 15 is 0 Å². The van der Waals surface area contributed by atoms with Gasteiger partial charge >= 0.3 is 0 Å². The molecule has 0 aromatic heterocycles. The molecule has 0 saturated carbocycles. The maximum absolute atomic E-state index is 10.1. The van der Waals surface area contributed by atoms with Crippen LogP contribution in [0, 0.1) is 0 Å². The predicted molar refractivity (Wildman–Crippen MR) is 77.0 cm³/mol. The lowest BCUT2D eigenvalue weighted by atomic mass is 10.0. The van der Waals surface area contributed by atoms with Gasteiger partial charge < -0.3 is 10.0 Å². The zero-order chi connectivity index (χ0) is 12.8. The molecule has 1 aliphatic rings. The average Bonchev–Trinajstić information content (AvgIpc) is 2.38. The van der Waals surface area contributed by atoms with Gasteiger partial charge in [0.05, 0.1) is 6.10 Å². The summed E-state index contributed by atoms with van der Waals surface area (Å²) in [5, 5.41) is 10.1. The second kappa shape index (κ2) is 6.79. The monoisotopic (exact) mass is 247 g/mol. The van der Waals surface area contributed by atoms with E-state index < -0.39 is 0 Å². The highest BCUT2D eigenvalue weighted by Gasteiger charge is 2.16. The largest absolute Gasteiger partial charge is 0.388 e. The van der Waals surface area contributed by atoms with Crippen molar-refractivity contribution in [3.8, 4) is 0 Å². The summed E-state index contributed by atoms with van der Waals surface area (Å²) < 4.78 is 0. The summed E-state index contributed by atoms with van der Waals surface area (Å²) in [4.78, 5) is 2.47. The highest BCUT2D eigenvalue weighted by atomic mass is 16.3. The maximum Gasteiger partial charge on any atom is 0.0807 e. The maximum atomic E-state index is 10.1. The molecule has 100 valence electrons. The van der Waals surface area contributed by atoms with Crippen LogP contribution in [0.2, 0.25) is 0 Å². The molecule has 2 rings (SSSR count). The van der Waals surface area contributed by atoms with Crippen LogP contribution in [-0.2, 0) is 0 Å². The highest BCUT2D eigenvalue weighted by molar-refractivity contribution is 5.54. The lowest BCUT2D eigenvalue weighted by molar-refractivity contribution is 0.174. The molecule has 1 aliphatic heterocycles. The summed E-state index contributed by atoms with van der Waals surface area (Å²) >= 11 is 0. The van der Waals surface area contributed by atoms with Gasteiger partial charge in [0.1, 0.15) is 0 Å². The van der Waals surface area contributed by atoms with E-state index in [1.165, 1.54) is 37.8 Å². The van der Waals surface area contributed by atoms with Crippen molar-refractivity contribution in [2.45, 2.75) is 51.6 Å². The van der Waals surface area contributed by atoms with Crippen LogP contribution in [0.3, 0.4) is 0 Å². The summed E-state index contributed by atoms with van der Waals surface area (Å²) in [6.45, 7) is 4.30. The van der Waals surface area contributed by atoms with Crippen LogP contribution in [0.15, 0.2) is 24.3 Å². The number of aliphatic hydroxyl groups excluding tert-OH is 1. The Labute approximate surface area is 111 Å². The number of rotatable bonds is 3. The minimum absolute atomic E-state index is 0.327. The van der Waals surface area contributed by atoms with Crippen LogP contribution in [0.1, 0.15) is 57.1 Å². The molecule has 0 unspecified atom stereocenters. The van der Waals surface area contributed by atoms with E-state index in [1.54, 1.807) is 0 Å². The van der Waals surface area contributed by atoms with Crippen molar-refractivity contribution in [2.75, 3.05) is 18.0 Å². The van der Waals surface area contributed by atoms with Crippen molar-refractivity contribution in [2.24, 2.45) is 0 Å². The Kier molecular flexibility index (Phi) is 5.06. The molecule has 2 heteroatoms. The number of para-hydroxylation sites is 1.